The summed E-state index contributed by atoms with van der Waals surface area (Å²) < 4.78 is 69.0. The maximum Gasteiger partial charge on any atom is 0.387 e. The standard InChI is InChI=1S/C18H16F2O7S/c1-24-15-11-12(8-10-17(21)25-2)7-9-13(15)27-28(22,23)16-6-4-3-5-14(16)26-18(19)20/h3-11,18H,1-2H3/b10-8+. The van der Waals surface area contributed by atoms with E-state index in [-0.39, 0.29) is 11.5 Å². The lowest BCUT2D eigenvalue weighted by Gasteiger charge is -2.14. The first kappa shape index (κ1) is 21.2. The van der Waals surface area contributed by atoms with Gasteiger partial charge in [-0.05, 0) is 35.9 Å². The largest absolute Gasteiger partial charge is 0.493 e. The molecule has 2 rings (SSSR count). The third-order valence-corrected chi connectivity index (χ3v) is 4.61. The molecule has 0 heterocycles. The van der Waals surface area contributed by atoms with Crippen molar-refractivity contribution >= 4 is 22.2 Å². The van der Waals surface area contributed by atoms with Crippen LogP contribution in [0.1, 0.15) is 5.56 Å². The number of carbonyl (C=O) groups excluding carboxylic acids is 1. The Morgan fingerprint density at radius 3 is 2.39 bits per heavy atom. The Kier molecular flexibility index (Phi) is 6.94. The lowest BCUT2D eigenvalue weighted by atomic mass is 10.2. The molecule has 0 radical (unpaired) electrons. The first-order valence-electron chi connectivity index (χ1n) is 7.69. The van der Waals surface area contributed by atoms with Crippen molar-refractivity contribution in [3.05, 3.63) is 54.1 Å². The molecule has 7 nitrogen and oxygen atoms in total. The molecule has 0 aromatic heterocycles. The van der Waals surface area contributed by atoms with E-state index in [2.05, 4.69) is 9.47 Å². The molecule has 2 aromatic carbocycles. The van der Waals surface area contributed by atoms with E-state index in [1.165, 1.54) is 56.7 Å². The summed E-state index contributed by atoms with van der Waals surface area (Å²) in [6.45, 7) is -3.20. The minimum Gasteiger partial charge on any atom is -0.493 e. The molecule has 0 unspecified atom stereocenters. The summed E-state index contributed by atoms with van der Waals surface area (Å²) in [7, 11) is -1.98. The highest BCUT2D eigenvalue weighted by molar-refractivity contribution is 7.87. The summed E-state index contributed by atoms with van der Waals surface area (Å²) in [5, 5.41) is 0. The molecular formula is C18H16F2O7S. The van der Waals surface area contributed by atoms with E-state index in [0.717, 1.165) is 12.1 Å². The van der Waals surface area contributed by atoms with E-state index >= 15 is 0 Å². The monoisotopic (exact) mass is 414 g/mol. The zero-order valence-electron chi connectivity index (χ0n) is 14.8. The van der Waals surface area contributed by atoms with Crippen molar-refractivity contribution < 1.29 is 40.4 Å². The summed E-state index contributed by atoms with van der Waals surface area (Å²) in [6, 6.07) is 9.03. The SMILES string of the molecule is COC(=O)/C=C/c1ccc(OS(=O)(=O)c2ccccc2OC(F)F)c(OC)c1. The maximum absolute atomic E-state index is 12.5. The van der Waals surface area contributed by atoms with Crippen LogP contribution < -0.4 is 13.7 Å². The maximum atomic E-state index is 12.5. The third-order valence-electron chi connectivity index (χ3n) is 3.33. The van der Waals surface area contributed by atoms with Crippen LogP contribution in [-0.2, 0) is 19.6 Å². The lowest BCUT2D eigenvalue weighted by molar-refractivity contribution is -0.134. The van der Waals surface area contributed by atoms with Crippen LogP contribution in [0.15, 0.2) is 53.4 Å². The Balaban J connectivity index is 2.34. The van der Waals surface area contributed by atoms with E-state index in [1.54, 1.807) is 0 Å². The minimum atomic E-state index is -4.50. The molecule has 0 bridgehead atoms. The second-order valence-electron chi connectivity index (χ2n) is 5.13. The van der Waals surface area contributed by atoms with Crippen LogP contribution in [0.25, 0.3) is 6.08 Å². The molecule has 150 valence electrons. The van der Waals surface area contributed by atoms with Gasteiger partial charge in [0, 0.05) is 6.08 Å². The second kappa shape index (κ2) is 9.18. The zero-order valence-corrected chi connectivity index (χ0v) is 15.6. The molecular weight excluding hydrogens is 398 g/mol. The average molecular weight is 414 g/mol. The summed E-state index contributed by atoms with van der Waals surface area (Å²) in [5.74, 6) is -1.25. The number of methoxy groups -OCH3 is 2. The van der Waals surface area contributed by atoms with Gasteiger partial charge in [0.05, 0.1) is 14.2 Å². The van der Waals surface area contributed by atoms with Crippen molar-refractivity contribution in [1.82, 2.24) is 0 Å². The quantitative estimate of drug-likeness (QED) is 0.372. The first-order chi connectivity index (χ1) is 13.3. The van der Waals surface area contributed by atoms with Gasteiger partial charge >= 0.3 is 22.7 Å². The Labute approximate surface area is 160 Å². The molecule has 0 fully saturated rings. The number of rotatable bonds is 8. The highest BCUT2D eigenvalue weighted by Gasteiger charge is 2.24. The van der Waals surface area contributed by atoms with E-state index in [9.17, 15) is 22.0 Å². The van der Waals surface area contributed by atoms with Gasteiger partial charge in [0.1, 0.15) is 10.6 Å². The van der Waals surface area contributed by atoms with Gasteiger partial charge in [-0.15, -0.1) is 0 Å². The van der Waals surface area contributed by atoms with Crippen LogP contribution in [0.2, 0.25) is 0 Å². The molecule has 0 amide bonds. The number of para-hydroxylation sites is 1. The third kappa shape index (κ3) is 5.43. The predicted octanol–water partition coefficient (Wildman–Crippen LogP) is 3.25. The Hall–Kier alpha value is -3.14. The van der Waals surface area contributed by atoms with Crippen LogP contribution in [0.5, 0.6) is 17.2 Å². The summed E-state index contributed by atoms with van der Waals surface area (Å²) in [4.78, 5) is 10.6. The van der Waals surface area contributed by atoms with E-state index < -0.39 is 33.3 Å². The minimum absolute atomic E-state index is 0.0443. The van der Waals surface area contributed by atoms with Crippen molar-refractivity contribution in [1.29, 1.82) is 0 Å². The normalized spacial score (nSPS) is 11.5. The van der Waals surface area contributed by atoms with Gasteiger partial charge in [-0.3, -0.25) is 0 Å². The first-order valence-corrected chi connectivity index (χ1v) is 9.10. The van der Waals surface area contributed by atoms with Gasteiger partial charge in [-0.1, -0.05) is 18.2 Å². The second-order valence-corrected chi connectivity index (χ2v) is 6.64. The van der Waals surface area contributed by atoms with E-state index in [1.807, 2.05) is 0 Å². The fraction of sp³-hybridized carbons (Fsp3) is 0.167. The molecule has 0 aliphatic heterocycles. The van der Waals surface area contributed by atoms with Gasteiger partial charge < -0.3 is 18.4 Å². The molecule has 28 heavy (non-hydrogen) atoms. The van der Waals surface area contributed by atoms with Gasteiger partial charge in [0.2, 0.25) is 0 Å². The smallest absolute Gasteiger partial charge is 0.387 e. The van der Waals surface area contributed by atoms with Crippen LogP contribution >= 0.6 is 0 Å². The van der Waals surface area contributed by atoms with E-state index in [4.69, 9.17) is 8.92 Å². The highest BCUT2D eigenvalue weighted by Crippen LogP contribution is 2.33. The van der Waals surface area contributed by atoms with Crippen LogP contribution in [0, 0.1) is 0 Å². The molecule has 0 aliphatic carbocycles. The van der Waals surface area contributed by atoms with Gasteiger partial charge in [0.25, 0.3) is 0 Å². The summed E-state index contributed by atoms with van der Waals surface area (Å²) in [6.07, 6.45) is 2.60. The molecule has 0 N–H and O–H groups in total. The number of hydrogen-bond donors (Lipinski definition) is 0. The fourth-order valence-electron chi connectivity index (χ4n) is 2.10. The zero-order chi connectivity index (χ0) is 20.7. The molecule has 0 aliphatic rings. The van der Waals surface area contributed by atoms with Crippen molar-refractivity contribution in [3.8, 4) is 17.2 Å². The molecule has 0 saturated carbocycles. The molecule has 2 aromatic rings. The van der Waals surface area contributed by atoms with E-state index in [0.29, 0.717) is 5.56 Å². The Morgan fingerprint density at radius 2 is 1.75 bits per heavy atom. The molecule has 10 heteroatoms. The fourth-order valence-corrected chi connectivity index (χ4v) is 3.17. The van der Waals surface area contributed by atoms with Gasteiger partial charge in [0.15, 0.2) is 11.5 Å². The summed E-state index contributed by atoms with van der Waals surface area (Å²) in [5.41, 5.74) is 0.508. The van der Waals surface area contributed by atoms with Crippen molar-refractivity contribution in [2.24, 2.45) is 0 Å². The topological polar surface area (TPSA) is 88.1 Å². The average Bonchev–Trinajstić information content (AvgIpc) is 2.66. The number of alkyl halides is 2. The number of benzene rings is 2. The lowest BCUT2D eigenvalue weighted by Crippen LogP contribution is -2.13. The molecule has 0 spiro atoms. The van der Waals surface area contributed by atoms with Crippen molar-refractivity contribution in [3.63, 3.8) is 0 Å². The predicted molar refractivity (Wildman–Crippen MR) is 94.9 cm³/mol. The van der Waals surface area contributed by atoms with Gasteiger partial charge in [-0.25, -0.2) is 4.79 Å². The molecule has 0 saturated heterocycles. The Bertz CT molecular complexity index is 972. The Morgan fingerprint density at radius 1 is 1.04 bits per heavy atom. The number of ether oxygens (including phenoxy) is 3. The number of hydrogen-bond acceptors (Lipinski definition) is 7. The number of carbonyl (C=O) groups is 1. The van der Waals surface area contributed by atoms with Crippen LogP contribution in [0.4, 0.5) is 8.78 Å². The summed E-state index contributed by atoms with van der Waals surface area (Å²) >= 11 is 0. The highest BCUT2D eigenvalue weighted by atomic mass is 32.2. The number of esters is 1. The van der Waals surface area contributed by atoms with Crippen LogP contribution in [-0.4, -0.2) is 35.2 Å². The van der Waals surface area contributed by atoms with Crippen molar-refractivity contribution in [2.45, 2.75) is 11.5 Å². The molecule has 0 atom stereocenters. The van der Waals surface area contributed by atoms with Crippen LogP contribution in [0.3, 0.4) is 0 Å². The van der Waals surface area contributed by atoms with Crippen molar-refractivity contribution in [2.75, 3.05) is 14.2 Å². The van der Waals surface area contributed by atoms with Gasteiger partial charge in [-0.2, -0.15) is 17.2 Å². The number of halogens is 2.